The molecule has 0 spiro atoms. The first-order chi connectivity index (χ1) is 15.9. The quantitative estimate of drug-likeness (QED) is 0.451. The van der Waals surface area contributed by atoms with Crippen LogP contribution < -0.4 is 10.2 Å². The molecule has 0 aliphatic carbocycles. The van der Waals surface area contributed by atoms with Crippen molar-refractivity contribution in [2.75, 3.05) is 7.11 Å². The van der Waals surface area contributed by atoms with E-state index in [4.69, 9.17) is 20.8 Å². The number of fused-ring (bicyclic) bond motifs is 2. The highest BCUT2D eigenvalue weighted by Gasteiger charge is 2.43. The van der Waals surface area contributed by atoms with Crippen LogP contribution in [-0.4, -0.2) is 23.0 Å². The molecule has 2 heterocycles. The maximum Gasteiger partial charge on any atom is 0.291 e. The number of aryl methyl sites for hydroxylation is 1. The van der Waals surface area contributed by atoms with Crippen molar-refractivity contribution in [1.82, 2.24) is 4.90 Å². The number of halogens is 1. The van der Waals surface area contributed by atoms with Gasteiger partial charge in [-0.05, 0) is 48.4 Å². The number of benzene rings is 3. The Labute approximate surface area is 194 Å². The standard InChI is InChI=1S/C26H20ClNO5/c1-14-7-10-20-17(11-14)24(30)22-23(15-8-9-19(29)21(12-15)32-2)28(26(31)25(22)33-20)13-16-5-3-4-6-18(16)27/h3-12,23,29H,13H2,1-2H3/t23-/m1/s1. The Balaban J connectivity index is 1.76. The second-order valence-corrected chi connectivity index (χ2v) is 8.44. The van der Waals surface area contributed by atoms with E-state index >= 15 is 0 Å². The number of ether oxygens (including phenoxy) is 1. The van der Waals surface area contributed by atoms with Gasteiger partial charge in [0.15, 0.2) is 16.9 Å². The lowest BCUT2D eigenvalue weighted by Crippen LogP contribution is -2.29. The fourth-order valence-electron chi connectivity index (χ4n) is 4.32. The normalized spacial score (nSPS) is 15.2. The molecule has 7 heteroatoms. The van der Waals surface area contributed by atoms with E-state index in [0.29, 0.717) is 21.6 Å². The summed E-state index contributed by atoms with van der Waals surface area (Å²) in [4.78, 5) is 28.8. The van der Waals surface area contributed by atoms with Crippen LogP contribution in [0.2, 0.25) is 5.02 Å². The molecule has 33 heavy (non-hydrogen) atoms. The van der Waals surface area contributed by atoms with Crippen molar-refractivity contribution in [1.29, 1.82) is 0 Å². The zero-order chi connectivity index (χ0) is 23.3. The number of phenolic OH excluding ortho intramolecular Hbond substituents is 1. The van der Waals surface area contributed by atoms with Crippen LogP contribution in [-0.2, 0) is 6.54 Å². The lowest BCUT2D eigenvalue weighted by Gasteiger charge is -2.26. The van der Waals surface area contributed by atoms with Crippen LogP contribution in [0, 0.1) is 6.92 Å². The van der Waals surface area contributed by atoms with Crippen molar-refractivity contribution < 1.29 is 19.1 Å². The average Bonchev–Trinajstić information content (AvgIpc) is 3.08. The number of aromatic hydroxyl groups is 1. The maximum atomic E-state index is 13.6. The summed E-state index contributed by atoms with van der Waals surface area (Å²) in [5.74, 6) is -0.182. The second kappa shape index (κ2) is 7.98. The van der Waals surface area contributed by atoms with E-state index < -0.39 is 11.9 Å². The monoisotopic (exact) mass is 461 g/mol. The zero-order valence-electron chi connectivity index (χ0n) is 18.0. The Hall–Kier alpha value is -3.77. The first-order valence-corrected chi connectivity index (χ1v) is 10.8. The van der Waals surface area contributed by atoms with Crippen molar-refractivity contribution in [2.24, 2.45) is 0 Å². The summed E-state index contributed by atoms with van der Waals surface area (Å²) < 4.78 is 11.3. The summed E-state index contributed by atoms with van der Waals surface area (Å²) in [5, 5.41) is 11.0. The van der Waals surface area contributed by atoms with Gasteiger partial charge in [-0.2, -0.15) is 0 Å². The molecule has 166 valence electrons. The molecule has 3 aromatic carbocycles. The second-order valence-electron chi connectivity index (χ2n) is 8.03. The number of carbonyl (C=O) groups is 1. The molecule has 1 aliphatic heterocycles. The van der Waals surface area contributed by atoms with E-state index in [9.17, 15) is 14.7 Å². The average molecular weight is 462 g/mol. The molecule has 1 N–H and O–H groups in total. The summed E-state index contributed by atoms with van der Waals surface area (Å²) in [5.41, 5.74) is 2.63. The van der Waals surface area contributed by atoms with Crippen LogP contribution in [0.5, 0.6) is 11.5 Å². The number of phenols is 1. The molecule has 6 nitrogen and oxygen atoms in total. The smallest absolute Gasteiger partial charge is 0.291 e. The van der Waals surface area contributed by atoms with E-state index in [1.807, 2.05) is 31.2 Å². The maximum absolute atomic E-state index is 13.6. The van der Waals surface area contributed by atoms with E-state index in [2.05, 4.69) is 0 Å². The van der Waals surface area contributed by atoms with Gasteiger partial charge < -0.3 is 19.2 Å². The number of nitrogens with zero attached hydrogens (tertiary/aromatic N) is 1. The molecule has 1 aliphatic rings. The highest BCUT2D eigenvalue weighted by atomic mass is 35.5. The van der Waals surface area contributed by atoms with E-state index in [1.54, 1.807) is 35.2 Å². The minimum atomic E-state index is -0.737. The van der Waals surface area contributed by atoms with E-state index in [0.717, 1.165) is 11.1 Å². The molecule has 5 rings (SSSR count). The molecular weight excluding hydrogens is 442 g/mol. The molecule has 0 bridgehead atoms. The van der Waals surface area contributed by atoms with Gasteiger partial charge in [-0.3, -0.25) is 9.59 Å². The van der Waals surface area contributed by atoms with Gasteiger partial charge in [-0.15, -0.1) is 0 Å². The number of rotatable bonds is 4. The van der Waals surface area contributed by atoms with Crippen molar-refractivity contribution in [3.05, 3.63) is 104 Å². The number of hydrogen-bond acceptors (Lipinski definition) is 5. The van der Waals surface area contributed by atoms with Crippen LogP contribution in [0.25, 0.3) is 11.0 Å². The van der Waals surface area contributed by atoms with E-state index in [1.165, 1.54) is 13.2 Å². The van der Waals surface area contributed by atoms with Gasteiger partial charge in [0.25, 0.3) is 5.91 Å². The summed E-state index contributed by atoms with van der Waals surface area (Å²) in [6.45, 7) is 2.06. The highest BCUT2D eigenvalue weighted by molar-refractivity contribution is 6.31. The van der Waals surface area contributed by atoms with Gasteiger partial charge >= 0.3 is 0 Å². The Bertz CT molecular complexity index is 1480. The van der Waals surface area contributed by atoms with Gasteiger partial charge in [0.2, 0.25) is 5.76 Å². The summed E-state index contributed by atoms with van der Waals surface area (Å²) in [7, 11) is 1.44. The highest BCUT2D eigenvalue weighted by Crippen LogP contribution is 2.41. The van der Waals surface area contributed by atoms with Crippen LogP contribution in [0.15, 0.2) is 69.9 Å². The van der Waals surface area contributed by atoms with E-state index in [-0.39, 0.29) is 34.8 Å². The van der Waals surface area contributed by atoms with Gasteiger partial charge in [0.05, 0.1) is 24.1 Å². The first-order valence-electron chi connectivity index (χ1n) is 10.4. The lowest BCUT2D eigenvalue weighted by molar-refractivity contribution is 0.0714. The first kappa shape index (κ1) is 21.1. The lowest BCUT2D eigenvalue weighted by atomic mass is 9.97. The van der Waals surface area contributed by atoms with Gasteiger partial charge in [-0.1, -0.05) is 47.5 Å². The van der Waals surface area contributed by atoms with Crippen LogP contribution in [0.3, 0.4) is 0 Å². The molecule has 1 atom stereocenters. The predicted molar refractivity (Wildman–Crippen MR) is 125 cm³/mol. The van der Waals surface area contributed by atoms with Crippen molar-refractivity contribution in [3.63, 3.8) is 0 Å². The SMILES string of the molecule is COc1cc([C@@H]2c3c(oc4ccc(C)cc4c3=O)C(=O)N2Cc2ccccc2Cl)ccc1O. The van der Waals surface area contributed by atoms with Crippen molar-refractivity contribution in [3.8, 4) is 11.5 Å². The number of carbonyl (C=O) groups excluding carboxylic acids is 1. The van der Waals surface area contributed by atoms with Gasteiger partial charge in [0, 0.05) is 11.6 Å². The topological polar surface area (TPSA) is 80.0 Å². The Morgan fingerprint density at radius 3 is 2.64 bits per heavy atom. The fraction of sp³-hybridized carbons (Fsp3) is 0.154. The van der Waals surface area contributed by atoms with Crippen molar-refractivity contribution >= 4 is 28.5 Å². The van der Waals surface area contributed by atoms with Gasteiger partial charge in [0.1, 0.15) is 5.58 Å². The van der Waals surface area contributed by atoms with Crippen molar-refractivity contribution in [2.45, 2.75) is 19.5 Å². The Morgan fingerprint density at radius 1 is 1.09 bits per heavy atom. The molecular formula is C26H20ClNO5. The zero-order valence-corrected chi connectivity index (χ0v) is 18.7. The van der Waals surface area contributed by atoms with Crippen LogP contribution in [0.4, 0.5) is 0 Å². The molecule has 0 radical (unpaired) electrons. The Morgan fingerprint density at radius 2 is 1.88 bits per heavy atom. The molecule has 0 unspecified atom stereocenters. The minimum Gasteiger partial charge on any atom is -0.504 e. The third kappa shape index (κ3) is 3.43. The molecule has 4 aromatic rings. The summed E-state index contributed by atoms with van der Waals surface area (Å²) >= 11 is 6.38. The minimum absolute atomic E-state index is 0.0143. The molecule has 1 aromatic heterocycles. The Kier molecular flexibility index (Phi) is 5.10. The number of methoxy groups -OCH3 is 1. The number of hydrogen-bond donors (Lipinski definition) is 1. The van der Waals surface area contributed by atoms with Gasteiger partial charge in [-0.25, -0.2) is 0 Å². The summed E-state index contributed by atoms with van der Waals surface area (Å²) in [6.07, 6.45) is 0. The van der Waals surface area contributed by atoms with Crippen LogP contribution >= 0.6 is 11.6 Å². The molecule has 0 fully saturated rings. The number of amides is 1. The molecule has 0 saturated carbocycles. The predicted octanol–water partition coefficient (Wildman–Crippen LogP) is 5.21. The molecule has 0 saturated heterocycles. The largest absolute Gasteiger partial charge is 0.504 e. The van der Waals surface area contributed by atoms with Crippen LogP contribution in [0.1, 0.15) is 38.9 Å². The fourth-order valence-corrected chi connectivity index (χ4v) is 4.51. The molecule has 1 amide bonds. The third-order valence-corrected chi connectivity index (χ3v) is 6.31. The summed E-state index contributed by atoms with van der Waals surface area (Å²) in [6, 6.07) is 16.6. The third-order valence-electron chi connectivity index (χ3n) is 5.94.